The van der Waals surface area contributed by atoms with Crippen LogP contribution in [0.15, 0.2) is 42.5 Å². The molecular formula is C19H23F2NO5S. The maximum Gasteiger partial charge on any atom is 0.305 e. The van der Waals surface area contributed by atoms with Crippen LogP contribution in [0.4, 0.5) is 13.6 Å². The number of benzene rings is 1. The van der Waals surface area contributed by atoms with Gasteiger partial charge in [-0.1, -0.05) is 54.2 Å². The molecule has 0 radical (unpaired) electrons. The summed E-state index contributed by atoms with van der Waals surface area (Å²) in [5.41, 5.74) is -0.278. The van der Waals surface area contributed by atoms with E-state index in [0.717, 1.165) is 17.8 Å². The van der Waals surface area contributed by atoms with E-state index in [9.17, 15) is 23.5 Å². The minimum atomic E-state index is -3.43. The van der Waals surface area contributed by atoms with Crippen LogP contribution in [0.1, 0.15) is 18.4 Å². The molecule has 28 heavy (non-hydrogen) atoms. The number of carbonyl (C=O) groups is 2. The molecule has 0 saturated carbocycles. The fraction of sp³-hybridized carbons (Fsp3) is 0.474. The van der Waals surface area contributed by atoms with E-state index in [0.29, 0.717) is 25.3 Å². The smallest absolute Gasteiger partial charge is 0.305 e. The molecule has 6 nitrogen and oxygen atoms in total. The Hall–Kier alpha value is -1.97. The Morgan fingerprint density at radius 2 is 2.07 bits per heavy atom. The molecule has 2 N–H and O–H groups in total. The van der Waals surface area contributed by atoms with Crippen LogP contribution in [0.3, 0.4) is 0 Å². The number of aliphatic hydroxyl groups excluding tert-OH is 1. The fourth-order valence-corrected chi connectivity index (χ4v) is 3.66. The number of carbonyl (C=O) groups excluding carboxylic acids is 1. The highest BCUT2D eigenvalue weighted by Gasteiger charge is 2.39. The summed E-state index contributed by atoms with van der Waals surface area (Å²) >= 11 is 1.09. The van der Waals surface area contributed by atoms with Crippen molar-refractivity contribution >= 4 is 23.0 Å². The number of rotatable bonds is 11. The van der Waals surface area contributed by atoms with E-state index in [1.165, 1.54) is 35.2 Å². The van der Waals surface area contributed by atoms with E-state index in [4.69, 9.17) is 9.84 Å². The van der Waals surface area contributed by atoms with Crippen LogP contribution in [0, 0.1) is 0 Å². The van der Waals surface area contributed by atoms with Gasteiger partial charge in [0.1, 0.15) is 6.10 Å². The molecular weight excluding hydrogens is 392 g/mol. The lowest BCUT2D eigenvalue weighted by molar-refractivity contribution is -0.138. The highest BCUT2D eigenvalue weighted by atomic mass is 32.2. The second kappa shape index (κ2) is 10.5. The van der Waals surface area contributed by atoms with Crippen LogP contribution in [0.25, 0.3) is 0 Å². The number of aliphatic hydroxyl groups is 1. The summed E-state index contributed by atoms with van der Waals surface area (Å²) in [7, 11) is 0. The van der Waals surface area contributed by atoms with Crippen LogP contribution >= 0.6 is 11.8 Å². The SMILES string of the molecule is O=C(O)CCOCCCN1C(=O)SCC1/C=C/C(O)C(F)(F)c1ccccc1. The summed E-state index contributed by atoms with van der Waals surface area (Å²) in [6.07, 6.45) is 0.880. The van der Waals surface area contributed by atoms with Crippen molar-refractivity contribution in [3.63, 3.8) is 0 Å². The second-order valence-corrected chi connectivity index (χ2v) is 7.24. The van der Waals surface area contributed by atoms with E-state index in [1.807, 2.05) is 0 Å². The molecule has 0 aromatic heterocycles. The topological polar surface area (TPSA) is 87.1 Å². The molecule has 0 aliphatic carbocycles. The summed E-state index contributed by atoms with van der Waals surface area (Å²) in [6, 6.07) is 6.69. The number of ether oxygens (including phenoxy) is 1. The molecule has 0 bridgehead atoms. The molecule has 2 rings (SSSR count). The van der Waals surface area contributed by atoms with Gasteiger partial charge in [0.15, 0.2) is 0 Å². The molecule has 2 unspecified atom stereocenters. The molecule has 1 heterocycles. The van der Waals surface area contributed by atoms with Gasteiger partial charge in [-0.2, -0.15) is 8.78 Å². The first-order valence-electron chi connectivity index (χ1n) is 8.85. The number of alkyl halides is 2. The van der Waals surface area contributed by atoms with Gasteiger partial charge in [-0.15, -0.1) is 0 Å². The summed E-state index contributed by atoms with van der Waals surface area (Å²) in [4.78, 5) is 23.9. The molecule has 1 aromatic carbocycles. The number of hydrogen-bond donors (Lipinski definition) is 2. The summed E-state index contributed by atoms with van der Waals surface area (Å²) in [5.74, 6) is -3.96. The van der Waals surface area contributed by atoms with Gasteiger partial charge < -0.3 is 19.8 Å². The molecule has 0 spiro atoms. The van der Waals surface area contributed by atoms with Crippen molar-refractivity contribution in [3.8, 4) is 0 Å². The molecule has 1 aliphatic rings. The van der Waals surface area contributed by atoms with Crippen molar-refractivity contribution in [2.24, 2.45) is 0 Å². The average Bonchev–Trinajstić information content (AvgIpc) is 3.02. The van der Waals surface area contributed by atoms with E-state index < -0.39 is 24.0 Å². The van der Waals surface area contributed by atoms with Crippen molar-refractivity contribution in [1.82, 2.24) is 4.90 Å². The third kappa shape index (κ3) is 6.29. The van der Waals surface area contributed by atoms with Crippen molar-refractivity contribution in [2.75, 3.05) is 25.5 Å². The van der Waals surface area contributed by atoms with E-state index in [-0.39, 0.29) is 23.8 Å². The lowest BCUT2D eigenvalue weighted by Crippen LogP contribution is -2.34. The largest absolute Gasteiger partial charge is 0.481 e. The van der Waals surface area contributed by atoms with Gasteiger partial charge >= 0.3 is 11.9 Å². The lowest BCUT2D eigenvalue weighted by Gasteiger charge is -2.23. The number of thioether (sulfide) groups is 1. The predicted octanol–water partition coefficient (Wildman–Crippen LogP) is 3.11. The Morgan fingerprint density at radius 3 is 2.75 bits per heavy atom. The minimum absolute atomic E-state index is 0.0859. The quantitative estimate of drug-likeness (QED) is 0.427. The summed E-state index contributed by atoms with van der Waals surface area (Å²) in [6.45, 7) is 0.758. The van der Waals surface area contributed by atoms with E-state index in [1.54, 1.807) is 6.07 Å². The van der Waals surface area contributed by atoms with Gasteiger partial charge in [0.2, 0.25) is 0 Å². The van der Waals surface area contributed by atoms with Crippen molar-refractivity contribution in [1.29, 1.82) is 0 Å². The maximum absolute atomic E-state index is 14.3. The predicted molar refractivity (Wildman–Crippen MR) is 102 cm³/mol. The first-order valence-corrected chi connectivity index (χ1v) is 9.83. The van der Waals surface area contributed by atoms with Crippen molar-refractivity contribution < 1.29 is 33.3 Å². The zero-order valence-electron chi connectivity index (χ0n) is 15.2. The molecule has 1 aromatic rings. The Balaban J connectivity index is 1.87. The second-order valence-electron chi connectivity index (χ2n) is 6.27. The highest BCUT2D eigenvalue weighted by molar-refractivity contribution is 8.13. The fourth-order valence-electron chi connectivity index (χ4n) is 2.67. The Labute approximate surface area is 166 Å². The van der Waals surface area contributed by atoms with E-state index in [2.05, 4.69) is 0 Å². The molecule has 1 amide bonds. The Kier molecular flexibility index (Phi) is 8.40. The van der Waals surface area contributed by atoms with Gasteiger partial charge in [-0.3, -0.25) is 9.59 Å². The van der Waals surface area contributed by atoms with Gasteiger partial charge in [0, 0.05) is 24.5 Å². The monoisotopic (exact) mass is 415 g/mol. The molecule has 1 saturated heterocycles. The van der Waals surface area contributed by atoms with Crippen molar-refractivity contribution in [2.45, 2.75) is 30.9 Å². The lowest BCUT2D eigenvalue weighted by atomic mass is 10.0. The Morgan fingerprint density at radius 1 is 1.36 bits per heavy atom. The van der Waals surface area contributed by atoms with Crippen LogP contribution < -0.4 is 0 Å². The average molecular weight is 415 g/mol. The van der Waals surface area contributed by atoms with Crippen LogP contribution in [-0.4, -0.2) is 64.0 Å². The van der Waals surface area contributed by atoms with Crippen LogP contribution in [0.5, 0.6) is 0 Å². The first kappa shape index (κ1) is 22.3. The molecule has 2 atom stereocenters. The molecule has 154 valence electrons. The third-order valence-corrected chi connectivity index (χ3v) is 5.20. The normalized spacial score (nSPS) is 18.8. The number of halogens is 2. The van der Waals surface area contributed by atoms with Crippen LogP contribution in [0.2, 0.25) is 0 Å². The van der Waals surface area contributed by atoms with Crippen molar-refractivity contribution in [3.05, 3.63) is 48.0 Å². The Bertz CT molecular complexity index is 686. The van der Waals surface area contributed by atoms with E-state index >= 15 is 0 Å². The maximum atomic E-state index is 14.3. The van der Waals surface area contributed by atoms with Crippen LogP contribution in [-0.2, 0) is 15.5 Å². The molecule has 1 aliphatic heterocycles. The van der Waals surface area contributed by atoms with Gasteiger partial charge in [0.05, 0.1) is 19.1 Å². The first-order chi connectivity index (χ1) is 13.3. The number of aliphatic carboxylic acids is 1. The minimum Gasteiger partial charge on any atom is -0.481 e. The third-order valence-electron chi connectivity index (χ3n) is 4.21. The number of carboxylic acid groups (broad SMARTS) is 1. The number of hydrogen-bond acceptors (Lipinski definition) is 5. The standard InChI is InChI=1S/C19H23F2NO5S/c20-19(21,14-5-2-1-3-6-14)16(23)8-7-15-13-28-18(26)22(15)10-4-11-27-12-9-17(24)25/h1-3,5-8,15-16,23H,4,9-13H2,(H,24,25)/b8-7+. The summed E-state index contributed by atoms with van der Waals surface area (Å²) < 4.78 is 33.8. The number of amides is 1. The zero-order valence-corrected chi connectivity index (χ0v) is 16.0. The summed E-state index contributed by atoms with van der Waals surface area (Å²) in [5, 5.41) is 18.3. The zero-order chi connectivity index (χ0) is 20.6. The van der Waals surface area contributed by atoms with Gasteiger partial charge in [-0.25, -0.2) is 0 Å². The molecule has 9 heteroatoms. The number of carboxylic acids is 1. The van der Waals surface area contributed by atoms with Gasteiger partial charge in [0.25, 0.3) is 5.24 Å². The van der Waals surface area contributed by atoms with Gasteiger partial charge in [-0.05, 0) is 6.42 Å². The molecule has 1 fully saturated rings. The number of nitrogens with zero attached hydrogens (tertiary/aromatic N) is 1. The highest BCUT2D eigenvalue weighted by Crippen LogP contribution is 2.33.